The van der Waals surface area contributed by atoms with Crippen LogP contribution in [0.3, 0.4) is 0 Å². The summed E-state index contributed by atoms with van der Waals surface area (Å²) in [7, 11) is 1.99. The Kier molecular flexibility index (Phi) is 1.48. The Labute approximate surface area is 70.0 Å². The van der Waals surface area contributed by atoms with Crippen molar-refractivity contribution in [2.24, 2.45) is 12.9 Å². The van der Waals surface area contributed by atoms with Crippen molar-refractivity contribution in [1.29, 1.82) is 0 Å². The first-order valence-electron chi connectivity index (χ1n) is 3.69. The molecule has 0 fully saturated rings. The number of anilines is 1. The van der Waals surface area contributed by atoms with Gasteiger partial charge >= 0.3 is 0 Å². The number of aryl methyl sites for hydroxylation is 1. The third kappa shape index (κ3) is 0.853. The summed E-state index contributed by atoms with van der Waals surface area (Å²) in [6.45, 7) is 0. The first-order chi connectivity index (χ1) is 5.83. The van der Waals surface area contributed by atoms with Gasteiger partial charge in [-0.2, -0.15) is 0 Å². The quantitative estimate of drug-likeness (QED) is 0.483. The molecule has 4 nitrogen and oxygen atoms in total. The molecule has 4 heteroatoms. The molecule has 0 spiro atoms. The van der Waals surface area contributed by atoms with Crippen LogP contribution in [-0.2, 0) is 7.05 Å². The zero-order valence-corrected chi connectivity index (χ0v) is 6.78. The Bertz CT molecular complexity index is 404. The van der Waals surface area contributed by atoms with E-state index < -0.39 is 0 Å². The van der Waals surface area contributed by atoms with E-state index in [2.05, 4.69) is 10.4 Å². The largest absolute Gasteiger partial charge is 0.350 e. The summed E-state index contributed by atoms with van der Waals surface area (Å²) in [6, 6.07) is 3.94. The number of fused-ring (bicyclic) bond motifs is 1. The summed E-state index contributed by atoms with van der Waals surface area (Å²) in [5, 5.41) is 1.04. The highest BCUT2D eigenvalue weighted by atomic mass is 15.2. The summed E-state index contributed by atoms with van der Waals surface area (Å²) < 4.78 is 2.03. The summed E-state index contributed by atoms with van der Waals surface area (Å²) in [5.74, 6) is 6.02. The van der Waals surface area contributed by atoms with Gasteiger partial charge in [-0.05, 0) is 12.1 Å². The molecule has 62 valence electrons. The van der Waals surface area contributed by atoms with Gasteiger partial charge < -0.3 is 9.99 Å². The Morgan fingerprint density at radius 1 is 1.50 bits per heavy atom. The van der Waals surface area contributed by atoms with Gasteiger partial charge in [0.1, 0.15) is 5.82 Å². The highest BCUT2D eigenvalue weighted by molar-refractivity contribution is 5.89. The van der Waals surface area contributed by atoms with Crippen molar-refractivity contribution < 1.29 is 0 Å². The van der Waals surface area contributed by atoms with Gasteiger partial charge in [0.15, 0.2) is 0 Å². The van der Waals surface area contributed by atoms with Crippen LogP contribution in [0, 0.1) is 0 Å². The van der Waals surface area contributed by atoms with Crippen LogP contribution in [0.1, 0.15) is 0 Å². The highest BCUT2D eigenvalue weighted by Gasteiger charge is 2.01. The molecule has 3 N–H and O–H groups in total. The van der Waals surface area contributed by atoms with E-state index in [1.807, 2.05) is 29.9 Å². The second-order valence-corrected chi connectivity index (χ2v) is 2.66. The number of nitrogens with one attached hydrogen (secondary N) is 1. The van der Waals surface area contributed by atoms with Crippen LogP contribution in [0.5, 0.6) is 0 Å². The highest BCUT2D eigenvalue weighted by Crippen LogP contribution is 2.19. The molecular formula is C8H10N4. The van der Waals surface area contributed by atoms with E-state index in [1.54, 1.807) is 6.20 Å². The van der Waals surface area contributed by atoms with Crippen LogP contribution >= 0.6 is 0 Å². The molecule has 0 aliphatic rings. The van der Waals surface area contributed by atoms with Crippen molar-refractivity contribution in [1.82, 2.24) is 9.55 Å². The molecule has 0 unspecified atom stereocenters. The van der Waals surface area contributed by atoms with Crippen molar-refractivity contribution >= 4 is 16.7 Å². The Balaban J connectivity index is 2.81. The monoisotopic (exact) mass is 162 g/mol. The smallest absolute Gasteiger partial charge is 0.149 e. The predicted molar refractivity (Wildman–Crippen MR) is 48.5 cm³/mol. The Morgan fingerprint density at radius 3 is 3.08 bits per heavy atom. The van der Waals surface area contributed by atoms with Crippen molar-refractivity contribution in [3.63, 3.8) is 0 Å². The lowest BCUT2D eigenvalue weighted by Crippen LogP contribution is -2.08. The van der Waals surface area contributed by atoms with Crippen molar-refractivity contribution in [3.8, 4) is 0 Å². The number of hydrogen-bond acceptors (Lipinski definition) is 3. The predicted octanol–water partition coefficient (Wildman–Crippen LogP) is 0.859. The fraction of sp³-hybridized carbons (Fsp3) is 0.125. The van der Waals surface area contributed by atoms with Crippen LogP contribution in [-0.4, -0.2) is 9.55 Å². The lowest BCUT2D eigenvalue weighted by Gasteiger charge is -2.00. The molecule has 0 saturated carbocycles. The molecule has 0 aromatic carbocycles. The lowest BCUT2D eigenvalue weighted by atomic mass is 10.3. The van der Waals surface area contributed by atoms with Gasteiger partial charge in [-0.25, -0.2) is 10.8 Å². The zero-order chi connectivity index (χ0) is 8.55. The fourth-order valence-corrected chi connectivity index (χ4v) is 1.32. The number of rotatable bonds is 1. The van der Waals surface area contributed by atoms with Crippen molar-refractivity contribution in [2.45, 2.75) is 0 Å². The maximum absolute atomic E-state index is 5.30. The van der Waals surface area contributed by atoms with E-state index in [0.717, 1.165) is 10.9 Å². The van der Waals surface area contributed by atoms with Gasteiger partial charge in [-0.15, -0.1) is 0 Å². The second kappa shape index (κ2) is 2.49. The number of hydrazine groups is 1. The SMILES string of the molecule is Cn1ccc2c(NN)nccc21. The number of hydrogen-bond donors (Lipinski definition) is 2. The Morgan fingerprint density at radius 2 is 2.33 bits per heavy atom. The molecule has 0 aliphatic carbocycles. The first kappa shape index (κ1) is 7.12. The molecule has 0 atom stereocenters. The second-order valence-electron chi connectivity index (χ2n) is 2.66. The molecule has 0 radical (unpaired) electrons. The van der Waals surface area contributed by atoms with Crippen molar-refractivity contribution in [2.75, 3.05) is 5.43 Å². The minimum Gasteiger partial charge on any atom is -0.350 e. The molecule has 2 heterocycles. The van der Waals surface area contributed by atoms with Crippen LogP contribution in [0.2, 0.25) is 0 Å². The van der Waals surface area contributed by atoms with Gasteiger partial charge in [0.2, 0.25) is 0 Å². The van der Waals surface area contributed by atoms with Crippen LogP contribution in [0.15, 0.2) is 24.5 Å². The van der Waals surface area contributed by atoms with Crippen molar-refractivity contribution in [3.05, 3.63) is 24.5 Å². The van der Waals surface area contributed by atoms with E-state index in [-0.39, 0.29) is 0 Å². The molecule has 0 aliphatic heterocycles. The van der Waals surface area contributed by atoms with Crippen LogP contribution in [0.25, 0.3) is 10.9 Å². The lowest BCUT2D eigenvalue weighted by molar-refractivity contribution is 0.968. The molecule has 0 amide bonds. The van der Waals surface area contributed by atoms with Crippen LogP contribution < -0.4 is 11.3 Å². The maximum Gasteiger partial charge on any atom is 0.149 e. The van der Waals surface area contributed by atoms with E-state index >= 15 is 0 Å². The normalized spacial score (nSPS) is 10.5. The standard InChI is InChI=1S/C8H10N4/c1-12-5-3-6-7(12)2-4-10-8(6)11-9/h2-5H,9H2,1H3,(H,10,11). The van der Waals surface area contributed by atoms with Gasteiger partial charge in [0.25, 0.3) is 0 Å². The first-order valence-corrected chi connectivity index (χ1v) is 3.69. The summed E-state index contributed by atoms with van der Waals surface area (Å²) >= 11 is 0. The number of nitrogen functional groups attached to an aromatic ring is 1. The average molecular weight is 162 g/mol. The number of nitrogens with zero attached hydrogens (tertiary/aromatic N) is 2. The van der Waals surface area contributed by atoms with Gasteiger partial charge in [-0.1, -0.05) is 0 Å². The summed E-state index contributed by atoms with van der Waals surface area (Å²) in [5.41, 5.74) is 3.68. The topological polar surface area (TPSA) is 55.9 Å². The molecule has 2 aromatic heterocycles. The number of nitrogens with two attached hydrogens (primary N) is 1. The number of aromatic nitrogens is 2. The molecule has 0 bridgehead atoms. The Hall–Kier alpha value is -1.55. The fourth-order valence-electron chi connectivity index (χ4n) is 1.32. The molecular weight excluding hydrogens is 152 g/mol. The minimum atomic E-state index is 0.716. The van der Waals surface area contributed by atoms with E-state index in [9.17, 15) is 0 Å². The van der Waals surface area contributed by atoms with E-state index in [0.29, 0.717) is 5.82 Å². The zero-order valence-electron chi connectivity index (χ0n) is 6.78. The molecule has 0 saturated heterocycles. The maximum atomic E-state index is 5.30. The van der Waals surface area contributed by atoms with Gasteiger partial charge in [0, 0.05) is 24.8 Å². The number of pyridine rings is 1. The molecule has 2 aromatic rings. The minimum absolute atomic E-state index is 0.716. The third-order valence-corrected chi connectivity index (χ3v) is 1.95. The van der Waals surface area contributed by atoms with Gasteiger partial charge in [0.05, 0.1) is 5.52 Å². The van der Waals surface area contributed by atoms with Crippen LogP contribution in [0.4, 0.5) is 5.82 Å². The molecule has 12 heavy (non-hydrogen) atoms. The van der Waals surface area contributed by atoms with Gasteiger partial charge in [-0.3, -0.25) is 0 Å². The third-order valence-electron chi connectivity index (χ3n) is 1.95. The van der Waals surface area contributed by atoms with E-state index in [1.165, 1.54) is 0 Å². The van der Waals surface area contributed by atoms with E-state index in [4.69, 9.17) is 5.84 Å². The average Bonchev–Trinajstić information content (AvgIpc) is 2.48. The summed E-state index contributed by atoms with van der Waals surface area (Å²) in [4.78, 5) is 4.09. The molecule has 2 rings (SSSR count). The summed E-state index contributed by atoms with van der Waals surface area (Å²) in [6.07, 6.45) is 3.71.